The molecule has 0 aliphatic heterocycles. The standard InChI is InChI=1S/C28H29ClN6O3S/c29-21-12-8-20(9-13-21)27-31-33-35(32-27)18-25(37)34(17-24-7-4-16-39-24)26(19-10-14-23(36)15-11-19)28(38)30-22-5-2-1-3-6-22/h4,7-16,22,26,36H,1-3,5-6,17-18H2,(H,30,38)/t26-/m1/s1. The summed E-state index contributed by atoms with van der Waals surface area (Å²) in [4.78, 5) is 31.4. The third-order valence-corrected chi connectivity index (χ3v) is 7.89. The Morgan fingerprint density at radius 1 is 1.08 bits per heavy atom. The van der Waals surface area contributed by atoms with E-state index in [0.29, 0.717) is 16.4 Å². The van der Waals surface area contributed by atoms with Crippen LogP contribution in [-0.4, -0.2) is 48.1 Å². The van der Waals surface area contributed by atoms with Gasteiger partial charge in [0.15, 0.2) is 0 Å². The van der Waals surface area contributed by atoms with Crippen LogP contribution in [0.1, 0.15) is 48.6 Å². The zero-order valence-electron chi connectivity index (χ0n) is 21.2. The lowest BCUT2D eigenvalue weighted by Gasteiger charge is -2.33. The van der Waals surface area contributed by atoms with Crippen LogP contribution in [0.5, 0.6) is 5.75 Å². The van der Waals surface area contributed by atoms with Crippen LogP contribution in [0.15, 0.2) is 66.0 Å². The molecule has 1 fully saturated rings. The van der Waals surface area contributed by atoms with Crippen LogP contribution >= 0.6 is 22.9 Å². The number of aromatic hydroxyl groups is 1. The molecule has 2 aromatic carbocycles. The maximum absolute atomic E-state index is 13.9. The quantitative estimate of drug-likeness (QED) is 0.296. The summed E-state index contributed by atoms with van der Waals surface area (Å²) in [6.07, 6.45) is 5.15. The predicted octanol–water partition coefficient (Wildman–Crippen LogP) is 4.98. The molecule has 2 aromatic heterocycles. The molecule has 0 bridgehead atoms. The molecule has 202 valence electrons. The van der Waals surface area contributed by atoms with Gasteiger partial charge in [-0.3, -0.25) is 9.59 Å². The fourth-order valence-corrected chi connectivity index (χ4v) is 5.62. The Balaban J connectivity index is 1.44. The fraction of sp³-hybridized carbons (Fsp3) is 0.321. The summed E-state index contributed by atoms with van der Waals surface area (Å²) in [5, 5.41) is 28.2. The molecule has 4 aromatic rings. The van der Waals surface area contributed by atoms with Crippen molar-refractivity contribution in [2.45, 2.75) is 57.3 Å². The molecule has 5 rings (SSSR count). The van der Waals surface area contributed by atoms with Gasteiger partial charge in [0, 0.05) is 21.5 Å². The van der Waals surface area contributed by atoms with E-state index >= 15 is 0 Å². The highest BCUT2D eigenvalue weighted by Crippen LogP contribution is 2.28. The molecule has 39 heavy (non-hydrogen) atoms. The number of benzene rings is 2. The molecular weight excluding hydrogens is 536 g/mol. The van der Waals surface area contributed by atoms with Gasteiger partial charge in [-0.2, -0.15) is 4.80 Å². The fourth-order valence-electron chi connectivity index (χ4n) is 4.79. The Morgan fingerprint density at radius 3 is 2.51 bits per heavy atom. The van der Waals surface area contributed by atoms with E-state index in [9.17, 15) is 14.7 Å². The van der Waals surface area contributed by atoms with E-state index in [1.807, 2.05) is 17.5 Å². The molecule has 1 aliphatic carbocycles. The number of amides is 2. The number of hydrogen-bond donors (Lipinski definition) is 2. The second kappa shape index (κ2) is 12.4. The molecule has 1 aliphatic rings. The molecule has 0 saturated heterocycles. The van der Waals surface area contributed by atoms with Crippen molar-refractivity contribution in [1.82, 2.24) is 30.4 Å². The first-order valence-corrected chi connectivity index (χ1v) is 14.2. The molecule has 0 spiro atoms. The largest absolute Gasteiger partial charge is 0.508 e. The van der Waals surface area contributed by atoms with Gasteiger partial charge in [-0.15, -0.1) is 21.5 Å². The van der Waals surface area contributed by atoms with Crippen LogP contribution < -0.4 is 5.32 Å². The Hall–Kier alpha value is -3.76. The highest BCUT2D eigenvalue weighted by molar-refractivity contribution is 7.09. The highest BCUT2D eigenvalue weighted by Gasteiger charge is 2.33. The van der Waals surface area contributed by atoms with Crippen molar-refractivity contribution in [1.29, 1.82) is 0 Å². The number of nitrogens with zero attached hydrogens (tertiary/aromatic N) is 5. The number of thiophene rings is 1. The van der Waals surface area contributed by atoms with Crippen molar-refractivity contribution in [2.75, 3.05) is 0 Å². The lowest BCUT2D eigenvalue weighted by atomic mass is 9.94. The van der Waals surface area contributed by atoms with Crippen molar-refractivity contribution in [2.24, 2.45) is 0 Å². The van der Waals surface area contributed by atoms with Gasteiger partial charge in [0.1, 0.15) is 18.3 Å². The van der Waals surface area contributed by atoms with Crippen molar-refractivity contribution in [3.05, 3.63) is 81.5 Å². The number of tetrazole rings is 1. The minimum atomic E-state index is -0.901. The van der Waals surface area contributed by atoms with Gasteiger partial charge in [0.05, 0.1) is 6.54 Å². The number of halogens is 1. The molecule has 1 atom stereocenters. The average molecular weight is 565 g/mol. The van der Waals surface area contributed by atoms with E-state index in [2.05, 4.69) is 20.7 Å². The number of rotatable bonds is 9. The van der Waals surface area contributed by atoms with E-state index in [4.69, 9.17) is 11.6 Å². The van der Waals surface area contributed by atoms with E-state index < -0.39 is 6.04 Å². The number of phenolic OH excluding ortho intramolecular Hbond substituents is 1. The molecule has 9 nitrogen and oxygen atoms in total. The first-order chi connectivity index (χ1) is 19.0. The summed E-state index contributed by atoms with van der Waals surface area (Å²) in [6.45, 7) is 0.0378. The predicted molar refractivity (Wildman–Crippen MR) is 149 cm³/mol. The van der Waals surface area contributed by atoms with Crippen LogP contribution in [0.3, 0.4) is 0 Å². The number of phenols is 1. The Bertz CT molecular complexity index is 1390. The second-order valence-corrected chi connectivity index (χ2v) is 11.1. The van der Waals surface area contributed by atoms with Gasteiger partial charge < -0.3 is 15.3 Å². The monoisotopic (exact) mass is 564 g/mol. The maximum atomic E-state index is 13.9. The summed E-state index contributed by atoms with van der Waals surface area (Å²) in [6, 6.07) is 16.5. The lowest BCUT2D eigenvalue weighted by molar-refractivity contribution is -0.142. The van der Waals surface area contributed by atoms with E-state index in [0.717, 1.165) is 36.1 Å². The summed E-state index contributed by atoms with van der Waals surface area (Å²) in [7, 11) is 0. The molecule has 2 heterocycles. The summed E-state index contributed by atoms with van der Waals surface area (Å²) in [5.41, 5.74) is 1.33. The van der Waals surface area contributed by atoms with E-state index in [1.54, 1.807) is 41.3 Å². The SMILES string of the molecule is O=C(NC1CCCCC1)[C@@H](c1ccc(O)cc1)N(Cc1cccs1)C(=O)Cn1nnc(-c2ccc(Cl)cc2)n1. The van der Waals surface area contributed by atoms with Gasteiger partial charge >= 0.3 is 0 Å². The first kappa shape index (κ1) is 26.8. The Kier molecular flexibility index (Phi) is 8.53. The molecule has 11 heteroatoms. The van der Waals surface area contributed by atoms with Gasteiger partial charge in [-0.05, 0) is 71.5 Å². The minimum Gasteiger partial charge on any atom is -0.508 e. The molecular formula is C28H29ClN6O3S. The average Bonchev–Trinajstić information content (AvgIpc) is 3.63. The van der Waals surface area contributed by atoms with Crippen molar-refractivity contribution < 1.29 is 14.7 Å². The first-order valence-electron chi connectivity index (χ1n) is 12.9. The van der Waals surface area contributed by atoms with Crippen molar-refractivity contribution >= 4 is 34.8 Å². The van der Waals surface area contributed by atoms with Crippen LogP contribution in [-0.2, 0) is 22.7 Å². The number of hydrogen-bond acceptors (Lipinski definition) is 7. The molecule has 0 unspecified atom stereocenters. The van der Waals surface area contributed by atoms with Gasteiger partial charge in [0.2, 0.25) is 17.6 Å². The van der Waals surface area contributed by atoms with Crippen LogP contribution in [0, 0.1) is 0 Å². The summed E-state index contributed by atoms with van der Waals surface area (Å²) < 4.78 is 0. The van der Waals surface area contributed by atoms with Gasteiger partial charge in [-0.1, -0.05) is 49.1 Å². The van der Waals surface area contributed by atoms with Crippen molar-refractivity contribution in [3.8, 4) is 17.1 Å². The third-order valence-electron chi connectivity index (χ3n) is 6.78. The molecule has 2 amide bonds. The number of carbonyl (C=O) groups is 2. The Labute approximate surface area is 235 Å². The third kappa shape index (κ3) is 6.82. The summed E-state index contributed by atoms with van der Waals surface area (Å²) >= 11 is 7.50. The topological polar surface area (TPSA) is 113 Å². The Morgan fingerprint density at radius 2 is 1.82 bits per heavy atom. The minimum absolute atomic E-state index is 0.0727. The zero-order chi connectivity index (χ0) is 27.2. The summed E-state index contributed by atoms with van der Waals surface area (Å²) in [5.74, 6) is -0.122. The number of nitrogens with one attached hydrogen (secondary N) is 1. The molecule has 2 N–H and O–H groups in total. The van der Waals surface area contributed by atoms with Crippen LogP contribution in [0.2, 0.25) is 5.02 Å². The van der Waals surface area contributed by atoms with Crippen LogP contribution in [0.4, 0.5) is 0 Å². The van der Waals surface area contributed by atoms with Gasteiger partial charge in [-0.25, -0.2) is 0 Å². The number of carbonyl (C=O) groups excluding carboxylic acids is 2. The van der Waals surface area contributed by atoms with E-state index in [1.165, 1.54) is 34.7 Å². The second-order valence-electron chi connectivity index (χ2n) is 9.59. The molecule has 1 saturated carbocycles. The number of aromatic nitrogens is 4. The lowest BCUT2D eigenvalue weighted by Crippen LogP contribution is -2.47. The van der Waals surface area contributed by atoms with Crippen molar-refractivity contribution in [3.63, 3.8) is 0 Å². The smallest absolute Gasteiger partial charge is 0.247 e. The van der Waals surface area contributed by atoms with Gasteiger partial charge in [0.25, 0.3) is 0 Å². The molecule has 0 radical (unpaired) electrons. The zero-order valence-corrected chi connectivity index (χ0v) is 22.8. The normalized spacial score (nSPS) is 14.6. The maximum Gasteiger partial charge on any atom is 0.247 e. The van der Waals surface area contributed by atoms with Crippen LogP contribution in [0.25, 0.3) is 11.4 Å². The van der Waals surface area contributed by atoms with E-state index in [-0.39, 0.29) is 36.7 Å². The highest BCUT2D eigenvalue weighted by atomic mass is 35.5.